The number of azo groups is 1. The molecule has 2 heterocycles. The Balaban J connectivity index is 2.07. The first-order chi connectivity index (χ1) is 12.0. The van der Waals surface area contributed by atoms with Crippen LogP contribution in [0.1, 0.15) is 44.9 Å². The third-order valence-electron chi connectivity index (χ3n) is 3.79. The predicted molar refractivity (Wildman–Crippen MR) is 100 cm³/mol. The van der Waals surface area contributed by atoms with E-state index in [1.165, 1.54) is 0 Å². The minimum atomic E-state index is 0.0843. The average molecular weight is 336 g/mol. The van der Waals surface area contributed by atoms with Gasteiger partial charge in [0.1, 0.15) is 17.1 Å². The van der Waals surface area contributed by atoms with Crippen molar-refractivity contribution in [3.63, 3.8) is 0 Å². The molecule has 0 fully saturated rings. The maximum absolute atomic E-state index is 5.82. The van der Waals surface area contributed by atoms with Crippen LogP contribution < -0.4 is 4.74 Å². The summed E-state index contributed by atoms with van der Waals surface area (Å²) in [5.41, 5.74) is 3.69. The number of imidazole rings is 1. The summed E-state index contributed by atoms with van der Waals surface area (Å²) < 4.78 is 7.82. The molecule has 0 radical (unpaired) electrons. The van der Waals surface area contributed by atoms with Crippen molar-refractivity contribution in [1.29, 1.82) is 0 Å². The highest BCUT2D eigenvalue weighted by atomic mass is 16.5. The summed E-state index contributed by atoms with van der Waals surface area (Å²) in [6.45, 7) is 10.3. The Morgan fingerprint density at radius 2 is 1.76 bits per heavy atom. The third-order valence-corrected chi connectivity index (χ3v) is 3.79. The lowest BCUT2D eigenvalue weighted by molar-refractivity contribution is 0.243. The first-order valence-electron chi connectivity index (χ1n) is 8.61. The molecule has 0 spiro atoms. The molecule has 0 atom stereocenters. The number of nitrogens with zero attached hydrogens (tertiary/aromatic N) is 4. The zero-order valence-corrected chi connectivity index (χ0v) is 15.4. The normalized spacial score (nSPS) is 12.0. The van der Waals surface area contributed by atoms with Gasteiger partial charge in [0.05, 0.1) is 11.8 Å². The summed E-state index contributed by atoms with van der Waals surface area (Å²) in [6, 6.07) is 11.8. The molecule has 0 saturated carbocycles. The molecule has 2 aromatic heterocycles. The molecule has 0 aliphatic carbocycles. The number of hydrogen-bond donors (Lipinski definition) is 0. The maximum Gasteiger partial charge on any atom is 0.183 e. The molecule has 0 aliphatic rings. The Kier molecular flexibility index (Phi) is 4.83. The molecule has 3 aromatic rings. The fraction of sp³-hybridized carbons (Fsp3) is 0.350. The highest BCUT2D eigenvalue weighted by molar-refractivity contribution is 5.55. The number of ether oxygens (including phenoxy) is 1. The largest absolute Gasteiger partial charge is 0.489 e. The SMILES string of the molecule is Cc1ccc2nc(C(C)C)c(N=Nc3ccccc3OC(C)C)n2c1. The Morgan fingerprint density at radius 3 is 2.48 bits per heavy atom. The quantitative estimate of drug-likeness (QED) is 0.539. The van der Waals surface area contributed by atoms with Crippen LogP contribution in [0.2, 0.25) is 0 Å². The van der Waals surface area contributed by atoms with Crippen molar-refractivity contribution in [2.24, 2.45) is 10.2 Å². The van der Waals surface area contributed by atoms with E-state index in [4.69, 9.17) is 9.72 Å². The summed E-state index contributed by atoms with van der Waals surface area (Å²) in [4.78, 5) is 4.71. The van der Waals surface area contributed by atoms with Gasteiger partial charge in [-0.05, 0) is 50.5 Å². The van der Waals surface area contributed by atoms with Crippen LogP contribution in [0.5, 0.6) is 5.75 Å². The zero-order chi connectivity index (χ0) is 18.0. The second-order valence-electron chi connectivity index (χ2n) is 6.74. The minimum Gasteiger partial charge on any atom is -0.489 e. The number of pyridine rings is 1. The molecule has 3 rings (SSSR count). The number of aryl methyl sites for hydroxylation is 1. The van der Waals surface area contributed by atoms with Crippen LogP contribution in [0.25, 0.3) is 5.65 Å². The van der Waals surface area contributed by atoms with Gasteiger partial charge in [0.15, 0.2) is 5.82 Å². The number of fused-ring (bicyclic) bond motifs is 1. The summed E-state index contributed by atoms with van der Waals surface area (Å²) in [5, 5.41) is 9.00. The summed E-state index contributed by atoms with van der Waals surface area (Å²) in [5.74, 6) is 1.77. The molecule has 0 aliphatic heterocycles. The zero-order valence-electron chi connectivity index (χ0n) is 15.4. The second-order valence-corrected chi connectivity index (χ2v) is 6.74. The number of benzene rings is 1. The van der Waals surface area contributed by atoms with Gasteiger partial charge in [-0.2, -0.15) is 0 Å². The van der Waals surface area contributed by atoms with Gasteiger partial charge < -0.3 is 4.74 Å². The number of hydrogen-bond acceptors (Lipinski definition) is 4. The van der Waals surface area contributed by atoms with Crippen LogP contribution in [-0.2, 0) is 0 Å². The van der Waals surface area contributed by atoms with Gasteiger partial charge in [0.25, 0.3) is 0 Å². The van der Waals surface area contributed by atoms with Gasteiger partial charge in [-0.15, -0.1) is 10.2 Å². The summed E-state index contributed by atoms with van der Waals surface area (Å²) >= 11 is 0. The molecule has 0 saturated heterocycles. The summed E-state index contributed by atoms with van der Waals surface area (Å²) in [7, 11) is 0. The Hall–Kier alpha value is -2.69. The molecular formula is C20H24N4O. The lowest BCUT2D eigenvalue weighted by Gasteiger charge is -2.11. The fourth-order valence-electron chi connectivity index (χ4n) is 2.64. The van der Waals surface area contributed by atoms with Gasteiger partial charge in [-0.3, -0.25) is 4.40 Å². The molecule has 5 nitrogen and oxygen atoms in total. The Labute approximate surface area is 148 Å². The van der Waals surface area contributed by atoms with E-state index in [-0.39, 0.29) is 12.0 Å². The van der Waals surface area contributed by atoms with Crippen LogP contribution in [-0.4, -0.2) is 15.5 Å². The Morgan fingerprint density at radius 1 is 1.00 bits per heavy atom. The van der Waals surface area contributed by atoms with Crippen LogP contribution in [0.3, 0.4) is 0 Å². The van der Waals surface area contributed by atoms with Crippen molar-refractivity contribution in [3.05, 3.63) is 53.9 Å². The molecule has 0 unspecified atom stereocenters. The highest BCUT2D eigenvalue weighted by Crippen LogP contribution is 2.33. The third kappa shape index (κ3) is 3.71. The monoisotopic (exact) mass is 336 g/mol. The average Bonchev–Trinajstić information content (AvgIpc) is 2.91. The molecular weight excluding hydrogens is 312 g/mol. The molecule has 0 N–H and O–H groups in total. The first kappa shape index (κ1) is 17.1. The van der Waals surface area contributed by atoms with E-state index in [2.05, 4.69) is 37.1 Å². The number of rotatable bonds is 5. The molecule has 1 aromatic carbocycles. The van der Waals surface area contributed by atoms with Gasteiger partial charge in [0.2, 0.25) is 0 Å². The minimum absolute atomic E-state index is 0.0843. The van der Waals surface area contributed by atoms with E-state index in [0.717, 1.165) is 28.5 Å². The number of aromatic nitrogens is 2. The highest BCUT2D eigenvalue weighted by Gasteiger charge is 2.15. The fourth-order valence-corrected chi connectivity index (χ4v) is 2.64. The first-order valence-corrected chi connectivity index (χ1v) is 8.61. The van der Waals surface area contributed by atoms with E-state index in [0.29, 0.717) is 5.69 Å². The van der Waals surface area contributed by atoms with E-state index >= 15 is 0 Å². The number of para-hydroxylation sites is 1. The van der Waals surface area contributed by atoms with E-state index < -0.39 is 0 Å². The lowest BCUT2D eigenvalue weighted by Crippen LogP contribution is -2.05. The smallest absolute Gasteiger partial charge is 0.183 e. The molecule has 25 heavy (non-hydrogen) atoms. The van der Waals surface area contributed by atoms with Crippen LogP contribution in [0, 0.1) is 6.92 Å². The topological polar surface area (TPSA) is 51.2 Å². The van der Waals surface area contributed by atoms with Crippen molar-refractivity contribution in [3.8, 4) is 5.75 Å². The van der Waals surface area contributed by atoms with E-state index in [1.807, 2.05) is 54.8 Å². The van der Waals surface area contributed by atoms with E-state index in [1.54, 1.807) is 0 Å². The predicted octanol–water partition coefficient (Wildman–Crippen LogP) is 5.97. The van der Waals surface area contributed by atoms with Gasteiger partial charge >= 0.3 is 0 Å². The van der Waals surface area contributed by atoms with Crippen molar-refractivity contribution in [1.82, 2.24) is 9.38 Å². The van der Waals surface area contributed by atoms with Gasteiger partial charge in [-0.25, -0.2) is 4.98 Å². The van der Waals surface area contributed by atoms with Crippen molar-refractivity contribution in [2.75, 3.05) is 0 Å². The van der Waals surface area contributed by atoms with Crippen molar-refractivity contribution in [2.45, 2.75) is 46.6 Å². The standard InChI is InChI=1S/C20H24N4O/c1-13(2)19-20(24-12-15(5)10-11-18(24)21-19)23-22-16-8-6-7-9-17(16)25-14(3)4/h6-14H,1-5H3. The summed E-state index contributed by atoms with van der Waals surface area (Å²) in [6.07, 6.45) is 2.13. The van der Waals surface area contributed by atoms with Crippen LogP contribution >= 0.6 is 0 Å². The molecule has 130 valence electrons. The maximum atomic E-state index is 5.82. The van der Waals surface area contributed by atoms with E-state index in [9.17, 15) is 0 Å². The van der Waals surface area contributed by atoms with Crippen molar-refractivity contribution >= 4 is 17.2 Å². The van der Waals surface area contributed by atoms with Crippen molar-refractivity contribution < 1.29 is 4.74 Å². The molecule has 0 bridgehead atoms. The molecule has 0 amide bonds. The molecule has 5 heteroatoms. The van der Waals surface area contributed by atoms with Gasteiger partial charge in [-0.1, -0.05) is 32.0 Å². The lowest BCUT2D eigenvalue weighted by atomic mass is 10.1. The van der Waals surface area contributed by atoms with Gasteiger partial charge in [0, 0.05) is 6.20 Å². The van der Waals surface area contributed by atoms with Crippen LogP contribution in [0.4, 0.5) is 11.5 Å². The Bertz CT molecular complexity index is 909. The second kappa shape index (κ2) is 7.05. The van der Waals surface area contributed by atoms with Crippen LogP contribution in [0.15, 0.2) is 52.8 Å².